The maximum absolute atomic E-state index is 12.0. The summed E-state index contributed by atoms with van der Waals surface area (Å²) in [6.45, 7) is 0. The molecule has 5 nitrogen and oxygen atoms in total. The lowest BCUT2D eigenvalue weighted by atomic mass is 10.1. The third kappa shape index (κ3) is 2.25. The topological polar surface area (TPSA) is 74.7 Å². The highest BCUT2D eigenvalue weighted by atomic mass is 32.1. The van der Waals surface area contributed by atoms with Crippen LogP contribution in [0.4, 0.5) is 0 Å². The molecule has 19 heavy (non-hydrogen) atoms. The number of aromatic amines is 2. The molecular weight excluding hydrogens is 262 g/mol. The number of hydrogen-bond acceptors (Lipinski definition) is 4. The summed E-state index contributed by atoms with van der Waals surface area (Å²) in [5, 5.41) is 6.32. The van der Waals surface area contributed by atoms with Crippen molar-refractivity contribution in [2.75, 3.05) is 0 Å². The normalized spacial score (nSPS) is 10.5. The molecule has 0 bridgehead atoms. The van der Waals surface area contributed by atoms with Crippen molar-refractivity contribution in [3.05, 3.63) is 57.7 Å². The van der Waals surface area contributed by atoms with Crippen LogP contribution >= 0.6 is 12.2 Å². The van der Waals surface area contributed by atoms with Gasteiger partial charge in [0.05, 0.1) is 0 Å². The molecule has 2 aromatic heterocycles. The lowest BCUT2D eigenvalue weighted by Gasteiger charge is -2.01. The molecule has 0 saturated heterocycles. The monoisotopic (exact) mass is 271 g/mol. The Balaban J connectivity index is 2.08. The van der Waals surface area contributed by atoms with E-state index >= 15 is 0 Å². The van der Waals surface area contributed by atoms with Gasteiger partial charge >= 0.3 is 0 Å². The van der Waals surface area contributed by atoms with E-state index in [1.54, 1.807) is 12.1 Å². The summed E-state index contributed by atoms with van der Waals surface area (Å²) in [7, 11) is 0. The average Bonchev–Trinajstić information content (AvgIpc) is 2.86. The molecule has 0 aliphatic rings. The fourth-order valence-corrected chi connectivity index (χ4v) is 1.90. The molecule has 0 spiro atoms. The molecule has 3 aromatic rings. The number of aromatic nitrogens is 3. The molecule has 6 heteroatoms. The molecule has 2 N–H and O–H groups in total. The first-order valence-corrected chi connectivity index (χ1v) is 5.99. The van der Waals surface area contributed by atoms with Crippen molar-refractivity contribution in [2.45, 2.75) is 0 Å². The van der Waals surface area contributed by atoms with Crippen LogP contribution in [-0.2, 0) is 0 Å². The molecule has 94 valence electrons. The third-order valence-corrected chi connectivity index (χ3v) is 2.84. The molecule has 0 aliphatic heterocycles. The maximum Gasteiger partial charge on any atom is 0.284 e. The number of rotatable bonds is 2. The molecule has 0 amide bonds. The van der Waals surface area contributed by atoms with Gasteiger partial charge in [0.2, 0.25) is 0 Å². The third-order valence-electron chi connectivity index (χ3n) is 2.66. The van der Waals surface area contributed by atoms with E-state index in [0.717, 1.165) is 11.3 Å². The van der Waals surface area contributed by atoms with E-state index < -0.39 is 0 Å². The highest BCUT2D eigenvalue weighted by Crippen LogP contribution is 2.17. The van der Waals surface area contributed by atoms with Crippen LogP contribution in [0, 0.1) is 4.84 Å². The molecular formula is C13H9N3O2S. The molecule has 0 atom stereocenters. The summed E-state index contributed by atoms with van der Waals surface area (Å²) in [5.41, 5.74) is 1.75. The van der Waals surface area contributed by atoms with Crippen molar-refractivity contribution in [2.24, 2.45) is 0 Å². The minimum atomic E-state index is -0.272. The SMILES string of the molecule is O=c1[nH]c(-c2ccccc2)ccc1-c1n[nH]c(=S)o1. The van der Waals surface area contributed by atoms with E-state index in [1.165, 1.54) is 0 Å². The number of pyridine rings is 1. The van der Waals surface area contributed by atoms with Crippen molar-refractivity contribution < 1.29 is 4.42 Å². The lowest BCUT2D eigenvalue weighted by Crippen LogP contribution is -2.09. The molecule has 0 fully saturated rings. The first-order chi connectivity index (χ1) is 9.24. The van der Waals surface area contributed by atoms with Crippen molar-refractivity contribution in [1.29, 1.82) is 0 Å². The Morgan fingerprint density at radius 2 is 1.89 bits per heavy atom. The van der Waals surface area contributed by atoms with Crippen molar-refractivity contribution in [3.8, 4) is 22.7 Å². The Labute approximate surface area is 112 Å². The van der Waals surface area contributed by atoms with Crippen LogP contribution in [0.1, 0.15) is 0 Å². The van der Waals surface area contributed by atoms with Crippen LogP contribution in [0.2, 0.25) is 0 Å². The van der Waals surface area contributed by atoms with E-state index in [9.17, 15) is 4.79 Å². The molecule has 0 aliphatic carbocycles. The minimum absolute atomic E-state index is 0.140. The number of nitrogens with zero attached hydrogens (tertiary/aromatic N) is 1. The van der Waals surface area contributed by atoms with Crippen molar-refractivity contribution in [1.82, 2.24) is 15.2 Å². The van der Waals surface area contributed by atoms with E-state index in [2.05, 4.69) is 15.2 Å². The molecule has 1 aromatic carbocycles. The second-order valence-electron chi connectivity index (χ2n) is 3.90. The highest BCUT2D eigenvalue weighted by molar-refractivity contribution is 7.71. The predicted molar refractivity (Wildman–Crippen MR) is 73.2 cm³/mol. The van der Waals surface area contributed by atoms with Gasteiger partial charge in [-0.15, -0.1) is 5.10 Å². The summed E-state index contributed by atoms with van der Waals surface area (Å²) >= 11 is 4.78. The molecule has 0 unspecified atom stereocenters. The smallest absolute Gasteiger partial charge is 0.284 e. The Bertz CT molecular complexity index is 817. The van der Waals surface area contributed by atoms with Crippen molar-refractivity contribution >= 4 is 12.2 Å². The van der Waals surface area contributed by atoms with Crippen LogP contribution in [0.15, 0.2) is 51.7 Å². The highest BCUT2D eigenvalue weighted by Gasteiger charge is 2.09. The Kier molecular flexibility index (Phi) is 2.85. The number of H-pyrrole nitrogens is 2. The van der Waals surface area contributed by atoms with Crippen LogP contribution < -0.4 is 5.56 Å². The van der Waals surface area contributed by atoms with Gasteiger partial charge in [0.15, 0.2) is 0 Å². The fraction of sp³-hybridized carbons (Fsp3) is 0. The van der Waals surface area contributed by atoms with Crippen LogP contribution in [0.3, 0.4) is 0 Å². The van der Waals surface area contributed by atoms with Gasteiger partial charge in [-0.1, -0.05) is 30.3 Å². The second-order valence-corrected chi connectivity index (χ2v) is 4.27. The Hall–Kier alpha value is -2.47. The Morgan fingerprint density at radius 1 is 1.11 bits per heavy atom. The number of nitrogens with one attached hydrogen (secondary N) is 2. The molecule has 2 heterocycles. The van der Waals surface area contributed by atoms with Crippen molar-refractivity contribution in [3.63, 3.8) is 0 Å². The van der Waals surface area contributed by atoms with Gasteiger partial charge < -0.3 is 9.40 Å². The van der Waals surface area contributed by atoms with Gasteiger partial charge in [0.25, 0.3) is 16.3 Å². The first kappa shape index (κ1) is 11.6. The number of benzene rings is 1. The second kappa shape index (κ2) is 4.66. The summed E-state index contributed by atoms with van der Waals surface area (Å²) in [6, 6.07) is 13.1. The van der Waals surface area contributed by atoms with Crippen LogP contribution in [0.5, 0.6) is 0 Å². The van der Waals surface area contributed by atoms with Gasteiger partial charge in [-0.2, -0.15) is 0 Å². The van der Waals surface area contributed by atoms with E-state index in [-0.39, 0.29) is 16.3 Å². The van der Waals surface area contributed by atoms with E-state index in [1.807, 2.05) is 30.3 Å². The van der Waals surface area contributed by atoms with Crippen LogP contribution in [0.25, 0.3) is 22.7 Å². The van der Waals surface area contributed by atoms with E-state index in [0.29, 0.717) is 5.56 Å². The summed E-state index contributed by atoms with van der Waals surface area (Å²) in [4.78, 5) is 15.0. The van der Waals surface area contributed by atoms with E-state index in [4.69, 9.17) is 16.6 Å². The minimum Gasteiger partial charge on any atom is -0.409 e. The summed E-state index contributed by atoms with van der Waals surface area (Å²) < 4.78 is 5.12. The average molecular weight is 271 g/mol. The zero-order valence-corrected chi connectivity index (χ0v) is 10.5. The molecule has 3 rings (SSSR count). The van der Waals surface area contributed by atoms with Gasteiger partial charge in [0.1, 0.15) is 5.56 Å². The molecule has 0 radical (unpaired) electrons. The summed E-state index contributed by atoms with van der Waals surface area (Å²) in [6.07, 6.45) is 0. The zero-order valence-electron chi connectivity index (χ0n) is 9.71. The summed E-state index contributed by atoms with van der Waals surface area (Å²) in [5.74, 6) is 0.186. The van der Waals surface area contributed by atoms with Gasteiger partial charge in [0, 0.05) is 5.69 Å². The molecule has 0 saturated carbocycles. The zero-order chi connectivity index (χ0) is 13.2. The fourth-order valence-electron chi connectivity index (χ4n) is 1.77. The lowest BCUT2D eigenvalue weighted by molar-refractivity contribution is 0.551. The van der Waals surface area contributed by atoms with Gasteiger partial charge in [-0.25, -0.2) is 5.10 Å². The van der Waals surface area contributed by atoms with Gasteiger partial charge in [-0.05, 0) is 29.9 Å². The van der Waals surface area contributed by atoms with Gasteiger partial charge in [-0.3, -0.25) is 4.79 Å². The maximum atomic E-state index is 12.0. The van der Waals surface area contributed by atoms with Crippen LogP contribution in [-0.4, -0.2) is 15.2 Å². The quantitative estimate of drug-likeness (QED) is 0.703. The first-order valence-electron chi connectivity index (χ1n) is 5.59. The standard InChI is InChI=1S/C13H9N3O2S/c17-11-9(12-15-16-13(19)18-12)6-7-10(14-11)8-4-2-1-3-5-8/h1-7H,(H,14,17)(H,16,19). The predicted octanol–water partition coefficient (Wildman–Crippen LogP) is 2.75. The number of hydrogen-bond donors (Lipinski definition) is 2. The largest absolute Gasteiger partial charge is 0.409 e. The Morgan fingerprint density at radius 3 is 2.53 bits per heavy atom.